The zero-order valence-electron chi connectivity index (χ0n) is 10.4. The standard InChI is InChI=1S/C10H8N6O4S/c17-8(18)4-16-10(12-14-15-16)21-5-7-11-9(20-13-7)6-2-1-3-19-6/h1-3H,4-5H2,(H,17,18). The fraction of sp³-hybridized carbons (Fsp3) is 0.200. The van der Waals surface area contributed by atoms with Crippen LogP contribution in [0, 0.1) is 0 Å². The van der Waals surface area contributed by atoms with Gasteiger partial charge in [-0.2, -0.15) is 4.98 Å². The van der Waals surface area contributed by atoms with E-state index in [2.05, 4.69) is 25.7 Å². The summed E-state index contributed by atoms with van der Waals surface area (Å²) in [6, 6.07) is 3.42. The topological polar surface area (TPSA) is 133 Å². The Hall–Kier alpha value is -2.69. The summed E-state index contributed by atoms with van der Waals surface area (Å²) >= 11 is 1.21. The number of aliphatic carboxylic acids is 1. The smallest absolute Gasteiger partial charge is 0.325 e. The molecule has 3 heterocycles. The summed E-state index contributed by atoms with van der Waals surface area (Å²) in [6.45, 7) is -0.306. The van der Waals surface area contributed by atoms with E-state index in [-0.39, 0.29) is 12.4 Å². The Bertz CT molecular complexity index is 736. The lowest BCUT2D eigenvalue weighted by atomic mass is 10.4. The van der Waals surface area contributed by atoms with Crippen LogP contribution in [0.25, 0.3) is 11.7 Å². The second kappa shape index (κ2) is 5.75. The van der Waals surface area contributed by atoms with Crippen LogP contribution in [0.2, 0.25) is 0 Å². The molecule has 108 valence electrons. The molecular weight excluding hydrogens is 300 g/mol. The lowest BCUT2D eigenvalue weighted by Gasteiger charge is -1.98. The third-order valence-corrected chi connectivity index (χ3v) is 3.27. The van der Waals surface area contributed by atoms with E-state index in [4.69, 9.17) is 14.0 Å². The van der Waals surface area contributed by atoms with Crippen molar-refractivity contribution in [2.75, 3.05) is 0 Å². The molecule has 10 nitrogen and oxygen atoms in total. The fourth-order valence-electron chi connectivity index (χ4n) is 1.47. The molecule has 1 N–H and O–H groups in total. The number of rotatable bonds is 6. The van der Waals surface area contributed by atoms with Gasteiger partial charge in [0, 0.05) is 0 Å². The molecule has 0 atom stereocenters. The average molecular weight is 308 g/mol. The molecule has 3 rings (SSSR count). The molecule has 0 aliphatic carbocycles. The number of carboxylic acids is 1. The van der Waals surface area contributed by atoms with Gasteiger partial charge in [0.1, 0.15) is 6.54 Å². The minimum absolute atomic E-state index is 0.278. The fourth-order valence-corrected chi connectivity index (χ4v) is 2.19. The molecular formula is C10H8N6O4S. The third-order valence-electron chi connectivity index (χ3n) is 2.31. The minimum atomic E-state index is -1.02. The quantitative estimate of drug-likeness (QED) is 0.648. The highest BCUT2D eigenvalue weighted by Crippen LogP contribution is 2.21. The van der Waals surface area contributed by atoms with Crippen molar-refractivity contribution in [2.24, 2.45) is 0 Å². The summed E-state index contributed by atoms with van der Waals surface area (Å²) < 4.78 is 11.4. The van der Waals surface area contributed by atoms with Gasteiger partial charge in [-0.1, -0.05) is 16.9 Å². The number of hydrogen-bond acceptors (Lipinski definition) is 9. The van der Waals surface area contributed by atoms with Crippen molar-refractivity contribution in [3.63, 3.8) is 0 Å². The first-order chi connectivity index (χ1) is 10.2. The van der Waals surface area contributed by atoms with Crippen LogP contribution in [0.15, 0.2) is 32.5 Å². The van der Waals surface area contributed by atoms with Gasteiger partial charge >= 0.3 is 5.97 Å². The van der Waals surface area contributed by atoms with Crippen molar-refractivity contribution in [1.82, 2.24) is 30.3 Å². The Balaban J connectivity index is 1.66. The Morgan fingerprint density at radius 3 is 3.14 bits per heavy atom. The van der Waals surface area contributed by atoms with Crippen LogP contribution in [0.3, 0.4) is 0 Å². The zero-order valence-corrected chi connectivity index (χ0v) is 11.2. The summed E-state index contributed by atoms with van der Waals surface area (Å²) in [6.07, 6.45) is 1.51. The molecule has 0 aromatic carbocycles. The molecule has 3 aromatic heterocycles. The average Bonchev–Trinajstić information content (AvgIpc) is 3.17. The number of thioether (sulfide) groups is 1. The maximum atomic E-state index is 10.7. The Morgan fingerprint density at radius 2 is 2.38 bits per heavy atom. The van der Waals surface area contributed by atoms with Crippen LogP contribution < -0.4 is 0 Å². The maximum Gasteiger partial charge on any atom is 0.325 e. The highest BCUT2D eigenvalue weighted by molar-refractivity contribution is 7.98. The van der Waals surface area contributed by atoms with Gasteiger partial charge in [0.25, 0.3) is 5.89 Å². The van der Waals surface area contributed by atoms with Gasteiger partial charge in [0.05, 0.1) is 12.0 Å². The second-order valence-corrected chi connectivity index (χ2v) is 4.74. The van der Waals surface area contributed by atoms with Gasteiger partial charge in [0.15, 0.2) is 11.6 Å². The van der Waals surface area contributed by atoms with Gasteiger partial charge in [-0.25, -0.2) is 4.68 Å². The van der Waals surface area contributed by atoms with Gasteiger partial charge in [0.2, 0.25) is 5.16 Å². The molecule has 0 unspecified atom stereocenters. The van der Waals surface area contributed by atoms with Crippen molar-refractivity contribution in [3.8, 4) is 11.7 Å². The van der Waals surface area contributed by atoms with Crippen LogP contribution in [0.5, 0.6) is 0 Å². The van der Waals surface area contributed by atoms with Crippen molar-refractivity contribution in [3.05, 3.63) is 24.2 Å². The van der Waals surface area contributed by atoms with E-state index < -0.39 is 5.97 Å². The van der Waals surface area contributed by atoms with E-state index in [0.29, 0.717) is 22.5 Å². The molecule has 0 aliphatic heterocycles. The summed E-state index contributed by atoms with van der Waals surface area (Å²) in [7, 11) is 0. The SMILES string of the molecule is O=C(O)Cn1nnnc1SCc1noc(-c2ccco2)n1. The van der Waals surface area contributed by atoms with Gasteiger partial charge in [-0.05, 0) is 22.6 Å². The summed E-state index contributed by atoms with van der Waals surface area (Å²) in [5.41, 5.74) is 0. The minimum Gasteiger partial charge on any atom is -0.480 e. The van der Waals surface area contributed by atoms with Crippen LogP contribution in [0.4, 0.5) is 0 Å². The number of carboxylic acid groups (broad SMARTS) is 1. The maximum absolute atomic E-state index is 10.7. The molecule has 0 fully saturated rings. The highest BCUT2D eigenvalue weighted by Gasteiger charge is 2.14. The van der Waals surface area contributed by atoms with Gasteiger partial charge in [-0.3, -0.25) is 4.79 Å². The van der Waals surface area contributed by atoms with Crippen molar-refractivity contribution in [2.45, 2.75) is 17.5 Å². The van der Waals surface area contributed by atoms with Crippen molar-refractivity contribution in [1.29, 1.82) is 0 Å². The zero-order chi connectivity index (χ0) is 14.7. The Morgan fingerprint density at radius 1 is 1.48 bits per heavy atom. The second-order valence-electron chi connectivity index (χ2n) is 3.79. The van der Waals surface area contributed by atoms with E-state index in [1.54, 1.807) is 12.1 Å². The van der Waals surface area contributed by atoms with E-state index in [1.807, 2.05) is 0 Å². The van der Waals surface area contributed by atoms with Crippen molar-refractivity contribution >= 4 is 17.7 Å². The summed E-state index contributed by atoms with van der Waals surface area (Å²) in [5.74, 6) is 0.500. The number of furan rings is 1. The Kier molecular flexibility index (Phi) is 3.64. The molecule has 0 saturated carbocycles. The van der Waals surface area contributed by atoms with Crippen LogP contribution >= 0.6 is 11.8 Å². The molecule has 0 saturated heterocycles. The lowest BCUT2D eigenvalue weighted by Crippen LogP contribution is -2.11. The number of nitrogens with zero attached hydrogens (tertiary/aromatic N) is 6. The van der Waals surface area contributed by atoms with Crippen LogP contribution in [-0.4, -0.2) is 41.4 Å². The van der Waals surface area contributed by atoms with Gasteiger partial charge < -0.3 is 14.0 Å². The van der Waals surface area contributed by atoms with Crippen LogP contribution in [-0.2, 0) is 17.1 Å². The predicted octanol–water partition coefficient (Wildman–Crippen LogP) is 0.693. The first kappa shape index (κ1) is 13.3. The molecule has 11 heteroatoms. The Labute approximate surface area is 121 Å². The molecule has 21 heavy (non-hydrogen) atoms. The highest BCUT2D eigenvalue weighted by atomic mass is 32.2. The van der Waals surface area contributed by atoms with Crippen molar-refractivity contribution < 1.29 is 18.8 Å². The van der Waals surface area contributed by atoms with E-state index in [9.17, 15) is 4.79 Å². The molecule has 0 spiro atoms. The number of tetrazole rings is 1. The monoisotopic (exact) mass is 308 g/mol. The number of carbonyl (C=O) groups is 1. The van der Waals surface area contributed by atoms with Gasteiger partial charge in [-0.15, -0.1) is 5.10 Å². The largest absolute Gasteiger partial charge is 0.480 e. The summed E-state index contributed by atoms with van der Waals surface area (Å²) in [5, 5.41) is 23.7. The molecule has 0 bridgehead atoms. The molecule has 0 radical (unpaired) electrons. The summed E-state index contributed by atoms with van der Waals surface area (Å²) in [4.78, 5) is 14.8. The number of aromatic nitrogens is 6. The number of hydrogen-bond donors (Lipinski definition) is 1. The normalized spacial score (nSPS) is 10.9. The molecule has 3 aromatic rings. The molecule has 0 aliphatic rings. The first-order valence-electron chi connectivity index (χ1n) is 5.69. The lowest BCUT2D eigenvalue weighted by molar-refractivity contribution is -0.138. The van der Waals surface area contributed by atoms with E-state index in [0.717, 1.165) is 0 Å². The first-order valence-corrected chi connectivity index (χ1v) is 6.68. The molecule has 0 amide bonds. The predicted molar refractivity (Wildman–Crippen MR) is 67.0 cm³/mol. The van der Waals surface area contributed by atoms with Crippen LogP contribution in [0.1, 0.15) is 5.82 Å². The van der Waals surface area contributed by atoms with E-state index >= 15 is 0 Å². The van der Waals surface area contributed by atoms with E-state index in [1.165, 1.54) is 22.7 Å². The third kappa shape index (κ3) is 3.08.